The Balaban J connectivity index is 2.01. The van der Waals surface area contributed by atoms with Gasteiger partial charge in [0.1, 0.15) is 0 Å². The number of aliphatic hydroxyl groups excluding tert-OH is 1. The van der Waals surface area contributed by atoms with Crippen molar-refractivity contribution < 1.29 is 19.4 Å². The van der Waals surface area contributed by atoms with Crippen LogP contribution in [0, 0.1) is 0 Å². The second-order valence-corrected chi connectivity index (χ2v) is 5.39. The van der Waals surface area contributed by atoms with E-state index in [0.717, 1.165) is 6.42 Å². The molecule has 1 aliphatic rings. The Morgan fingerprint density at radius 1 is 1.62 bits per heavy atom. The first kappa shape index (κ1) is 15.8. The Labute approximate surface area is 129 Å². The molecule has 0 aliphatic carbocycles. The van der Waals surface area contributed by atoms with Crippen molar-refractivity contribution in [2.24, 2.45) is 0 Å². The summed E-state index contributed by atoms with van der Waals surface area (Å²) in [7, 11) is 0. The lowest BCUT2D eigenvalue weighted by atomic mass is 10.2. The summed E-state index contributed by atoms with van der Waals surface area (Å²) in [5, 5.41) is 12.8. The summed E-state index contributed by atoms with van der Waals surface area (Å²) in [6, 6.07) is -0.498. The average Bonchev–Trinajstić information content (AvgIpc) is 2.97. The fourth-order valence-corrected chi connectivity index (χ4v) is 2.44. The summed E-state index contributed by atoms with van der Waals surface area (Å²) >= 11 is 3.22. The Bertz CT molecular complexity index is 499. The smallest absolute Gasteiger partial charge is 0.294 e. The van der Waals surface area contributed by atoms with Crippen molar-refractivity contribution in [1.29, 1.82) is 0 Å². The molecular formula is C12H15BrN4O4. The van der Waals surface area contributed by atoms with E-state index in [-0.39, 0.29) is 24.9 Å². The molecule has 0 bridgehead atoms. The Hall–Kier alpha value is -1.58. The van der Waals surface area contributed by atoms with Crippen molar-refractivity contribution in [3.8, 4) is 0 Å². The predicted octanol–water partition coefficient (Wildman–Crippen LogP) is -0.0589. The van der Waals surface area contributed by atoms with Crippen molar-refractivity contribution in [3.05, 3.63) is 22.7 Å². The zero-order chi connectivity index (χ0) is 15.2. The Kier molecular flexibility index (Phi) is 5.59. The third-order valence-electron chi connectivity index (χ3n) is 3.18. The van der Waals surface area contributed by atoms with Crippen LogP contribution in [0.25, 0.3) is 0 Å². The van der Waals surface area contributed by atoms with Gasteiger partial charge >= 0.3 is 0 Å². The Morgan fingerprint density at radius 2 is 2.33 bits per heavy atom. The zero-order valence-electron chi connectivity index (χ0n) is 11.1. The summed E-state index contributed by atoms with van der Waals surface area (Å²) in [6.07, 6.45) is 3.41. The second kappa shape index (κ2) is 7.43. The van der Waals surface area contributed by atoms with Gasteiger partial charge in [0.2, 0.25) is 5.91 Å². The lowest BCUT2D eigenvalue weighted by Crippen LogP contribution is -2.45. The van der Waals surface area contributed by atoms with Gasteiger partial charge in [-0.1, -0.05) is 0 Å². The number of aromatic nitrogens is 2. The molecule has 2 N–H and O–H groups in total. The third-order valence-corrected chi connectivity index (χ3v) is 3.59. The van der Waals surface area contributed by atoms with Crippen LogP contribution in [-0.2, 0) is 14.3 Å². The summed E-state index contributed by atoms with van der Waals surface area (Å²) in [5.41, 5.74) is 0. The quantitative estimate of drug-likeness (QED) is 0.417. The molecule has 1 amide bonds. The Morgan fingerprint density at radius 3 is 3.00 bits per heavy atom. The van der Waals surface area contributed by atoms with Gasteiger partial charge in [-0.05, 0) is 28.8 Å². The number of nitrogens with zero attached hydrogens (tertiary/aromatic N) is 3. The maximum atomic E-state index is 12.0. The van der Waals surface area contributed by atoms with Crippen LogP contribution in [-0.4, -0.2) is 51.7 Å². The van der Waals surface area contributed by atoms with Gasteiger partial charge in [-0.15, -0.1) is 0 Å². The van der Waals surface area contributed by atoms with E-state index < -0.39 is 12.3 Å². The number of hydrogen-bond donors (Lipinski definition) is 2. The van der Waals surface area contributed by atoms with Crippen molar-refractivity contribution >= 4 is 28.3 Å². The van der Waals surface area contributed by atoms with Crippen molar-refractivity contribution in [2.75, 3.05) is 13.3 Å². The topological polar surface area (TPSA) is 105 Å². The van der Waals surface area contributed by atoms with Gasteiger partial charge in [0.25, 0.3) is 6.47 Å². The molecule has 0 saturated carbocycles. The first-order valence-electron chi connectivity index (χ1n) is 6.37. The number of aliphatic hydroxyl groups is 1. The standard InChI is InChI=1S/C12H15BrN4O4/c13-8-4-14-10(15-5-8)12(20)17-3-1-2-9(17)11(19)16-6-21-7-18/h4-5,7,9,12,20H,1-3,6H2,(H,16,19)/t9-,12?/m0/s1. The first-order valence-corrected chi connectivity index (χ1v) is 7.17. The number of amides is 1. The van der Waals surface area contributed by atoms with Crippen LogP contribution in [0.1, 0.15) is 24.9 Å². The largest absolute Gasteiger partial charge is 0.447 e. The molecular weight excluding hydrogens is 344 g/mol. The minimum absolute atomic E-state index is 0.183. The van der Waals surface area contributed by atoms with E-state index in [1.807, 2.05) is 0 Å². The van der Waals surface area contributed by atoms with Crippen LogP contribution in [0.3, 0.4) is 0 Å². The second-order valence-electron chi connectivity index (χ2n) is 4.48. The van der Waals surface area contributed by atoms with Gasteiger partial charge in [-0.3, -0.25) is 14.5 Å². The number of ether oxygens (including phenoxy) is 1. The molecule has 114 valence electrons. The molecule has 8 nitrogen and oxygen atoms in total. The monoisotopic (exact) mass is 358 g/mol. The molecule has 0 radical (unpaired) electrons. The van der Waals surface area contributed by atoms with Crippen LogP contribution in [0.2, 0.25) is 0 Å². The van der Waals surface area contributed by atoms with Gasteiger partial charge < -0.3 is 15.2 Å². The van der Waals surface area contributed by atoms with Gasteiger partial charge in [0, 0.05) is 18.9 Å². The number of nitrogens with one attached hydrogen (secondary N) is 1. The molecule has 0 spiro atoms. The molecule has 9 heteroatoms. The number of rotatable bonds is 6. The third kappa shape index (κ3) is 3.96. The van der Waals surface area contributed by atoms with E-state index in [1.165, 1.54) is 12.4 Å². The first-order chi connectivity index (χ1) is 10.1. The molecule has 1 aromatic rings. The number of hydrogen-bond acceptors (Lipinski definition) is 7. The van der Waals surface area contributed by atoms with Crippen molar-refractivity contribution in [1.82, 2.24) is 20.2 Å². The number of carbonyl (C=O) groups is 2. The van der Waals surface area contributed by atoms with Gasteiger partial charge in [0.15, 0.2) is 18.8 Å². The molecule has 1 aliphatic heterocycles. The highest BCUT2D eigenvalue weighted by molar-refractivity contribution is 9.10. The molecule has 2 atom stereocenters. The average molecular weight is 359 g/mol. The maximum Gasteiger partial charge on any atom is 0.294 e. The highest BCUT2D eigenvalue weighted by Gasteiger charge is 2.36. The van der Waals surface area contributed by atoms with Gasteiger partial charge in [-0.2, -0.15) is 0 Å². The van der Waals surface area contributed by atoms with E-state index in [9.17, 15) is 14.7 Å². The number of halogens is 1. The maximum absolute atomic E-state index is 12.0. The lowest BCUT2D eigenvalue weighted by Gasteiger charge is -2.27. The van der Waals surface area contributed by atoms with E-state index in [2.05, 4.69) is 36.0 Å². The molecule has 21 heavy (non-hydrogen) atoms. The van der Waals surface area contributed by atoms with Gasteiger partial charge in [-0.25, -0.2) is 9.97 Å². The van der Waals surface area contributed by atoms with Crippen LogP contribution >= 0.6 is 15.9 Å². The van der Waals surface area contributed by atoms with Crippen molar-refractivity contribution in [2.45, 2.75) is 25.1 Å². The summed E-state index contributed by atoms with van der Waals surface area (Å²) in [4.78, 5) is 31.8. The van der Waals surface area contributed by atoms with Gasteiger partial charge in [0.05, 0.1) is 10.5 Å². The molecule has 2 heterocycles. The van der Waals surface area contributed by atoms with E-state index in [1.54, 1.807) is 4.90 Å². The van der Waals surface area contributed by atoms with E-state index in [0.29, 0.717) is 17.4 Å². The predicted molar refractivity (Wildman–Crippen MR) is 74.6 cm³/mol. The molecule has 1 unspecified atom stereocenters. The summed E-state index contributed by atoms with van der Waals surface area (Å²) in [6.45, 7) is 0.641. The normalized spacial score (nSPS) is 20.0. The number of likely N-dealkylation sites (tertiary alicyclic amines) is 1. The molecule has 1 aromatic heterocycles. The minimum Gasteiger partial charge on any atom is -0.447 e. The molecule has 0 aromatic carbocycles. The fourth-order valence-electron chi connectivity index (χ4n) is 2.23. The van der Waals surface area contributed by atoms with Crippen molar-refractivity contribution in [3.63, 3.8) is 0 Å². The highest BCUT2D eigenvalue weighted by atomic mass is 79.9. The number of carbonyl (C=O) groups excluding carboxylic acids is 2. The van der Waals surface area contributed by atoms with Crippen LogP contribution in [0.15, 0.2) is 16.9 Å². The summed E-state index contributed by atoms with van der Waals surface area (Å²) in [5.74, 6) is -0.0625. The van der Waals surface area contributed by atoms with E-state index in [4.69, 9.17) is 0 Å². The zero-order valence-corrected chi connectivity index (χ0v) is 12.7. The highest BCUT2D eigenvalue weighted by Crippen LogP contribution is 2.26. The lowest BCUT2D eigenvalue weighted by molar-refractivity contribution is -0.135. The summed E-state index contributed by atoms with van der Waals surface area (Å²) < 4.78 is 5.14. The van der Waals surface area contributed by atoms with Crippen LogP contribution < -0.4 is 5.32 Å². The van der Waals surface area contributed by atoms with Crippen LogP contribution in [0.5, 0.6) is 0 Å². The van der Waals surface area contributed by atoms with Crippen LogP contribution in [0.4, 0.5) is 0 Å². The minimum atomic E-state index is -1.05. The molecule has 1 saturated heterocycles. The SMILES string of the molecule is O=COCNC(=O)[C@@H]1CCCN1C(O)c1ncc(Br)cn1. The fraction of sp³-hybridized carbons (Fsp3) is 0.500. The van der Waals surface area contributed by atoms with E-state index >= 15 is 0 Å². The molecule has 2 rings (SSSR count). The molecule has 1 fully saturated rings.